The van der Waals surface area contributed by atoms with Gasteiger partial charge in [-0.2, -0.15) is 0 Å². The van der Waals surface area contributed by atoms with Crippen molar-refractivity contribution < 1.29 is 23.9 Å². The molecule has 0 bridgehead atoms. The molecule has 1 rings (SSSR count). The summed E-state index contributed by atoms with van der Waals surface area (Å²) in [6.45, 7) is 5.32. The lowest BCUT2D eigenvalue weighted by atomic mass is 9.70. The molecule has 0 atom stereocenters. The molecule has 0 spiro atoms. The SMILES string of the molecule is COC(=O)C1(C(=O)OC)CCC(C=C(C)C)=C(C(C)=O)C1. The Hall–Kier alpha value is -1.91. The molecule has 0 saturated carbocycles. The van der Waals surface area contributed by atoms with Gasteiger partial charge in [-0.1, -0.05) is 11.6 Å². The van der Waals surface area contributed by atoms with Crippen molar-refractivity contribution in [2.75, 3.05) is 14.2 Å². The molecule has 0 aromatic rings. The van der Waals surface area contributed by atoms with Gasteiger partial charge in [0.25, 0.3) is 0 Å². The van der Waals surface area contributed by atoms with Crippen molar-refractivity contribution in [1.82, 2.24) is 0 Å². The first-order valence-corrected chi connectivity index (χ1v) is 6.83. The lowest BCUT2D eigenvalue weighted by Gasteiger charge is -2.33. The molecule has 0 aliphatic heterocycles. The highest BCUT2D eigenvalue weighted by atomic mass is 16.5. The van der Waals surface area contributed by atoms with Crippen molar-refractivity contribution in [2.24, 2.45) is 5.41 Å². The Bertz CT molecular complexity index is 505. The van der Waals surface area contributed by atoms with Gasteiger partial charge >= 0.3 is 11.9 Å². The fourth-order valence-electron chi connectivity index (χ4n) is 2.68. The minimum Gasteiger partial charge on any atom is -0.468 e. The molecule has 0 amide bonds. The normalized spacial score (nSPS) is 17.0. The van der Waals surface area contributed by atoms with E-state index in [9.17, 15) is 14.4 Å². The molecule has 21 heavy (non-hydrogen) atoms. The minimum absolute atomic E-state index is 0.0286. The van der Waals surface area contributed by atoms with Crippen LogP contribution in [-0.4, -0.2) is 31.9 Å². The van der Waals surface area contributed by atoms with Crippen LogP contribution in [0.5, 0.6) is 0 Å². The van der Waals surface area contributed by atoms with Crippen LogP contribution in [-0.2, 0) is 23.9 Å². The number of Topliss-reactive ketones (excluding diaryl/α,β-unsaturated/α-hetero) is 1. The fourth-order valence-corrected chi connectivity index (χ4v) is 2.68. The van der Waals surface area contributed by atoms with E-state index in [1.807, 2.05) is 19.9 Å². The van der Waals surface area contributed by atoms with Crippen molar-refractivity contribution >= 4 is 17.7 Å². The molecular formula is C16H22O5. The zero-order chi connectivity index (χ0) is 16.2. The predicted molar refractivity (Wildman–Crippen MR) is 77.5 cm³/mol. The first-order chi connectivity index (χ1) is 9.78. The number of carbonyl (C=O) groups is 3. The third-order valence-electron chi connectivity index (χ3n) is 3.73. The van der Waals surface area contributed by atoms with E-state index in [1.54, 1.807) is 0 Å². The van der Waals surface area contributed by atoms with E-state index in [4.69, 9.17) is 9.47 Å². The molecule has 1 aliphatic carbocycles. The van der Waals surface area contributed by atoms with Crippen molar-refractivity contribution in [3.8, 4) is 0 Å². The highest BCUT2D eigenvalue weighted by Crippen LogP contribution is 2.42. The molecule has 0 fully saturated rings. The van der Waals surface area contributed by atoms with E-state index in [0.717, 1.165) is 11.1 Å². The van der Waals surface area contributed by atoms with Gasteiger partial charge < -0.3 is 9.47 Å². The van der Waals surface area contributed by atoms with E-state index in [0.29, 0.717) is 12.0 Å². The molecule has 0 aromatic carbocycles. The first-order valence-electron chi connectivity index (χ1n) is 6.83. The number of rotatable bonds is 4. The number of ketones is 1. The summed E-state index contributed by atoms with van der Waals surface area (Å²) in [6, 6.07) is 0. The number of hydrogen-bond acceptors (Lipinski definition) is 5. The lowest BCUT2D eigenvalue weighted by Crippen LogP contribution is -2.44. The fraction of sp³-hybridized carbons (Fsp3) is 0.562. The second kappa shape index (κ2) is 6.70. The van der Waals surface area contributed by atoms with Crippen molar-refractivity contribution in [2.45, 2.75) is 40.0 Å². The second-order valence-electron chi connectivity index (χ2n) is 5.52. The Kier molecular flexibility index (Phi) is 5.47. The van der Waals surface area contributed by atoms with Crippen LogP contribution in [0.2, 0.25) is 0 Å². The number of hydrogen-bond donors (Lipinski definition) is 0. The molecule has 5 nitrogen and oxygen atoms in total. The summed E-state index contributed by atoms with van der Waals surface area (Å²) in [5.41, 5.74) is 1.03. The summed E-state index contributed by atoms with van der Waals surface area (Å²) in [5, 5.41) is 0. The van der Waals surface area contributed by atoms with Gasteiger partial charge in [0.15, 0.2) is 11.2 Å². The van der Waals surface area contributed by atoms with E-state index in [1.165, 1.54) is 21.1 Å². The van der Waals surface area contributed by atoms with Gasteiger partial charge in [0.05, 0.1) is 14.2 Å². The number of esters is 2. The average molecular weight is 294 g/mol. The summed E-state index contributed by atoms with van der Waals surface area (Å²) in [6.07, 6.45) is 2.70. The summed E-state index contributed by atoms with van der Waals surface area (Å²) < 4.78 is 9.54. The summed E-state index contributed by atoms with van der Waals surface area (Å²) >= 11 is 0. The van der Waals surface area contributed by atoms with Crippen LogP contribution >= 0.6 is 0 Å². The Morgan fingerprint density at radius 3 is 1.95 bits per heavy atom. The molecule has 1 aliphatic rings. The largest absolute Gasteiger partial charge is 0.468 e. The zero-order valence-electron chi connectivity index (χ0n) is 13.2. The molecule has 116 valence electrons. The van der Waals surface area contributed by atoms with Gasteiger partial charge in [0, 0.05) is 6.42 Å². The Balaban J connectivity index is 3.36. The van der Waals surface area contributed by atoms with Gasteiger partial charge in [-0.3, -0.25) is 14.4 Å². The Morgan fingerprint density at radius 1 is 1.05 bits per heavy atom. The maximum Gasteiger partial charge on any atom is 0.323 e. The third kappa shape index (κ3) is 3.40. The van der Waals surface area contributed by atoms with E-state index in [-0.39, 0.29) is 18.6 Å². The number of ether oxygens (including phenoxy) is 2. The minimum atomic E-state index is -1.41. The summed E-state index contributed by atoms with van der Waals surface area (Å²) in [4.78, 5) is 36.1. The summed E-state index contributed by atoms with van der Waals surface area (Å²) in [7, 11) is 2.46. The van der Waals surface area contributed by atoms with E-state index >= 15 is 0 Å². The van der Waals surface area contributed by atoms with Crippen molar-refractivity contribution in [1.29, 1.82) is 0 Å². The van der Waals surface area contributed by atoms with Crippen LogP contribution in [0.4, 0.5) is 0 Å². The monoisotopic (exact) mass is 294 g/mol. The number of carbonyl (C=O) groups excluding carboxylic acids is 3. The van der Waals surface area contributed by atoms with E-state index in [2.05, 4.69) is 0 Å². The topological polar surface area (TPSA) is 69.7 Å². The second-order valence-corrected chi connectivity index (χ2v) is 5.52. The molecule has 0 heterocycles. The molecule has 0 N–H and O–H groups in total. The van der Waals surface area contributed by atoms with Gasteiger partial charge in [-0.15, -0.1) is 0 Å². The Morgan fingerprint density at radius 2 is 1.57 bits per heavy atom. The standard InChI is InChI=1S/C16H22O5/c1-10(2)8-12-6-7-16(14(18)20-4,15(19)21-5)9-13(12)11(3)17/h8H,6-7,9H2,1-5H3. The lowest BCUT2D eigenvalue weighted by molar-refractivity contribution is -0.170. The molecule has 0 radical (unpaired) electrons. The zero-order valence-corrected chi connectivity index (χ0v) is 13.2. The Labute approximate surface area is 125 Å². The number of allylic oxidation sites excluding steroid dienone is 4. The molecule has 0 saturated heterocycles. The maximum atomic E-state index is 12.1. The van der Waals surface area contributed by atoms with Crippen LogP contribution < -0.4 is 0 Å². The first kappa shape index (κ1) is 17.1. The van der Waals surface area contributed by atoms with Crippen molar-refractivity contribution in [3.05, 3.63) is 22.8 Å². The van der Waals surface area contributed by atoms with Gasteiger partial charge in [0.1, 0.15) is 0 Å². The van der Waals surface area contributed by atoms with Crippen LogP contribution in [0, 0.1) is 5.41 Å². The molecular weight excluding hydrogens is 272 g/mol. The third-order valence-corrected chi connectivity index (χ3v) is 3.73. The average Bonchev–Trinajstić information content (AvgIpc) is 2.45. The molecule has 5 heteroatoms. The van der Waals surface area contributed by atoms with Crippen LogP contribution in [0.1, 0.15) is 40.0 Å². The quantitative estimate of drug-likeness (QED) is 0.588. The number of methoxy groups -OCH3 is 2. The summed E-state index contributed by atoms with van der Waals surface area (Å²) in [5.74, 6) is -1.44. The highest BCUT2D eigenvalue weighted by molar-refractivity contribution is 6.04. The highest BCUT2D eigenvalue weighted by Gasteiger charge is 2.51. The van der Waals surface area contributed by atoms with Crippen LogP contribution in [0.3, 0.4) is 0 Å². The molecule has 0 unspecified atom stereocenters. The van der Waals surface area contributed by atoms with Crippen LogP contribution in [0.25, 0.3) is 0 Å². The van der Waals surface area contributed by atoms with E-state index < -0.39 is 17.4 Å². The smallest absolute Gasteiger partial charge is 0.323 e. The molecule has 0 aromatic heterocycles. The van der Waals surface area contributed by atoms with Gasteiger partial charge in [-0.25, -0.2) is 0 Å². The van der Waals surface area contributed by atoms with Crippen LogP contribution in [0.15, 0.2) is 22.8 Å². The van der Waals surface area contributed by atoms with Gasteiger partial charge in [-0.05, 0) is 44.8 Å². The predicted octanol–water partition coefficient (Wildman–Crippen LogP) is 2.35. The van der Waals surface area contributed by atoms with Crippen molar-refractivity contribution in [3.63, 3.8) is 0 Å². The van der Waals surface area contributed by atoms with Gasteiger partial charge in [0.2, 0.25) is 0 Å². The maximum absolute atomic E-state index is 12.1.